The molecule has 2 aromatic carbocycles. The molecular formula is C25H34N2O3. The molecule has 5 nitrogen and oxygen atoms in total. The van der Waals surface area contributed by atoms with Gasteiger partial charge in [0, 0.05) is 5.54 Å². The fraction of sp³-hybridized carbons (Fsp3) is 0.440. The van der Waals surface area contributed by atoms with Gasteiger partial charge in [0.1, 0.15) is 5.75 Å². The van der Waals surface area contributed by atoms with Crippen molar-refractivity contribution < 1.29 is 14.3 Å². The lowest BCUT2D eigenvalue weighted by Crippen LogP contribution is -2.41. The Morgan fingerprint density at radius 1 is 0.967 bits per heavy atom. The third-order valence-electron chi connectivity index (χ3n) is 4.91. The number of carbonyl (C=O) groups is 2. The van der Waals surface area contributed by atoms with E-state index in [0.717, 1.165) is 17.7 Å². The topological polar surface area (TPSA) is 67.4 Å². The highest BCUT2D eigenvalue weighted by atomic mass is 16.5. The van der Waals surface area contributed by atoms with E-state index in [1.165, 1.54) is 0 Å². The van der Waals surface area contributed by atoms with Gasteiger partial charge in [0.05, 0.1) is 11.3 Å². The summed E-state index contributed by atoms with van der Waals surface area (Å²) < 4.78 is 6.12. The molecule has 2 aromatic rings. The second-order valence-corrected chi connectivity index (χ2v) is 8.60. The highest BCUT2D eigenvalue weighted by molar-refractivity contribution is 6.04. The largest absolute Gasteiger partial charge is 0.480 e. The van der Waals surface area contributed by atoms with E-state index in [0.29, 0.717) is 23.6 Å². The molecular weight excluding hydrogens is 376 g/mol. The maximum Gasteiger partial charge on any atom is 0.265 e. The number of amides is 2. The van der Waals surface area contributed by atoms with Gasteiger partial charge in [-0.1, -0.05) is 51.1 Å². The molecule has 162 valence electrons. The number of anilines is 1. The minimum atomic E-state index is -0.658. The van der Waals surface area contributed by atoms with Crippen LogP contribution in [-0.4, -0.2) is 23.5 Å². The van der Waals surface area contributed by atoms with E-state index in [-0.39, 0.29) is 17.4 Å². The summed E-state index contributed by atoms with van der Waals surface area (Å²) in [7, 11) is 0. The number of nitrogens with one attached hydrogen (secondary N) is 2. The van der Waals surface area contributed by atoms with Gasteiger partial charge in [-0.25, -0.2) is 0 Å². The van der Waals surface area contributed by atoms with E-state index >= 15 is 0 Å². The zero-order valence-corrected chi connectivity index (χ0v) is 18.9. The lowest BCUT2D eigenvalue weighted by Gasteiger charge is -2.23. The second-order valence-electron chi connectivity index (χ2n) is 8.60. The van der Waals surface area contributed by atoms with Crippen molar-refractivity contribution in [3.63, 3.8) is 0 Å². The number of carbonyl (C=O) groups excluding carboxylic acids is 2. The van der Waals surface area contributed by atoms with Crippen LogP contribution in [0.3, 0.4) is 0 Å². The van der Waals surface area contributed by atoms with Crippen LogP contribution < -0.4 is 15.4 Å². The van der Waals surface area contributed by atoms with E-state index in [1.807, 2.05) is 52.0 Å². The highest BCUT2D eigenvalue weighted by Crippen LogP contribution is 2.29. The van der Waals surface area contributed by atoms with E-state index in [9.17, 15) is 9.59 Å². The molecule has 2 atom stereocenters. The number of hydrogen-bond donors (Lipinski definition) is 2. The highest BCUT2D eigenvalue weighted by Gasteiger charge is 2.23. The first-order valence-electron chi connectivity index (χ1n) is 10.6. The molecule has 0 aliphatic heterocycles. The molecule has 0 fully saturated rings. The van der Waals surface area contributed by atoms with Crippen molar-refractivity contribution in [2.24, 2.45) is 0 Å². The summed E-state index contributed by atoms with van der Waals surface area (Å²) in [5, 5.41) is 5.82. The summed E-state index contributed by atoms with van der Waals surface area (Å²) >= 11 is 0. The van der Waals surface area contributed by atoms with Crippen molar-refractivity contribution in [2.75, 3.05) is 5.32 Å². The van der Waals surface area contributed by atoms with Crippen molar-refractivity contribution in [2.45, 2.75) is 71.9 Å². The van der Waals surface area contributed by atoms with Crippen LogP contribution in [0.15, 0.2) is 48.5 Å². The first-order chi connectivity index (χ1) is 14.2. The molecule has 0 aliphatic rings. The summed E-state index contributed by atoms with van der Waals surface area (Å²) in [6.07, 6.45) is 0.838. The van der Waals surface area contributed by atoms with Crippen LogP contribution in [0, 0.1) is 0 Å². The van der Waals surface area contributed by atoms with Crippen LogP contribution >= 0.6 is 0 Å². The fourth-order valence-electron chi connectivity index (χ4n) is 3.10. The van der Waals surface area contributed by atoms with Crippen molar-refractivity contribution in [3.8, 4) is 5.75 Å². The predicted molar refractivity (Wildman–Crippen MR) is 122 cm³/mol. The average molecular weight is 411 g/mol. The van der Waals surface area contributed by atoms with E-state index in [4.69, 9.17) is 4.74 Å². The van der Waals surface area contributed by atoms with Gasteiger partial charge < -0.3 is 15.4 Å². The van der Waals surface area contributed by atoms with Crippen molar-refractivity contribution in [1.82, 2.24) is 5.32 Å². The van der Waals surface area contributed by atoms with Gasteiger partial charge in [-0.15, -0.1) is 0 Å². The number of hydrogen-bond acceptors (Lipinski definition) is 3. The van der Waals surface area contributed by atoms with Gasteiger partial charge in [-0.2, -0.15) is 0 Å². The Bertz CT molecular complexity index is 871. The van der Waals surface area contributed by atoms with Crippen LogP contribution in [0.2, 0.25) is 0 Å². The molecule has 0 aliphatic carbocycles. The Morgan fingerprint density at radius 2 is 1.60 bits per heavy atom. The summed E-state index contributed by atoms with van der Waals surface area (Å²) in [6, 6.07) is 14.9. The van der Waals surface area contributed by atoms with E-state index < -0.39 is 6.10 Å². The Morgan fingerprint density at radius 3 is 2.23 bits per heavy atom. The zero-order valence-electron chi connectivity index (χ0n) is 18.9. The first-order valence-corrected chi connectivity index (χ1v) is 10.6. The Kier molecular flexibility index (Phi) is 8.04. The maximum absolute atomic E-state index is 13.0. The minimum Gasteiger partial charge on any atom is -0.480 e. The van der Waals surface area contributed by atoms with E-state index in [1.54, 1.807) is 24.3 Å². The molecule has 0 saturated carbocycles. The Hall–Kier alpha value is -2.82. The molecule has 0 radical (unpaired) electrons. The third kappa shape index (κ3) is 6.34. The summed E-state index contributed by atoms with van der Waals surface area (Å²) in [5.41, 5.74) is 1.62. The lowest BCUT2D eigenvalue weighted by molar-refractivity contribution is -0.122. The molecule has 0 bridgehead atoms. The van der Waals surface area contributed by atoms with Crippen LogP contribution in [0.4, 0.5) is 5.69 Å². The summed E-state index contributed by atoms with van der Waals surface area (Å²) in [6.45, 7) is 11.9. The lowest BCUT2D eigenvalue weighted by atomic mass is 9.98. The molecule has 5 heteroatoms. The summed E-state index contributed by atoms with van der Waals surface area (Å²) in [4.78, 5) is 25.6. The van der Waals surface area contributed by atoms with Crippen LogP contribution in [0.1, 0.15) is 76.2 Å². The van der Waals surface area contributed by atoms with Gasteiger partial charge in [-0.3, -0.25) is 9.59 Å². The van der Waals surface area contributed by atoms with Crippen LogP contribution in [0.25, 0.3) is 0 Å². The fourth-order valence-corrected chi connectivity index (χ4v) is 3.10. The molecule has 0 aromatic heterocycles. The SMILES string of the molecule is CCC(Oc1ccccc1C(C)CC)C(=O)Nc1ccccc1C(=O)NC(C)(C)C. The number of rotatable bonds is 8. The molecule has 2 unspecified atom stereocenters. The standard InChI is InChI=1S/C25H34N2O3/c1-7-17(3)18-13-10-12-16-22(18)30-21(8-2)24(29)26-20-15-11-9-14-19(20)23(28)27-25(4,5)6/h9-17,21H,7-8H2,1-6H3,(H,26,29)(H,27,28). The quantitative estimate of drug-likeness (QED) is 0.602. The van der Waals surface area contributed by atoms with E-state index in [2.05, 4.69) is 24.5 Å². The van der Waals surface area contributed by atoms with Gasteiger partial charge in [0.2, 0.25) is 0 Å². The molecule has 0 spiro atoms. The maximum atomic E-state index is 13.0. The third-order valence-corrected chi connectivity index (χ3v) is 4.91. The Balaban J connectivity index is 2.20. The zero-order chi connectivity index (χ0) is 22.3. The predicted octanol–water partition coefficient (Wildman–Crippen LogP) is 5.52. The second kappa shape index (κ2) is 10.3. The van der Waals surface area contributed by atoms with Gasteiger partial charge in [-0.05, 0) is 63.3 Å². The molecule has 2 amide bonds. The number of para-hydroxylation sites is 2. The molecule has 30 heavy (non-hydrogen) atoms. The number of benzene rings is 2. The van der Waals surface area contributed by atoms with Crippen molar-refractivity contribution in [1.29, 1.82) is 0 Å². The molecule has 2 N–H and O–H groups in total. The normalized spacial score (nSPS) is 13.3. The smallest absolute Gasteiger partial charge is 0.265 e. The van der Waals surface area contributed by atoms with Gasteiger partial charge in [0.15, 0.2) is 6.10 Å². The van der Waals surface area contributed by atoms with Crippen LogP contribution in [0.5, 0.6) is 5.75 Å². The monoisotopic (exact) mass is 410 g/mol. The summed E-state index contributed by atoms with van der Waals surface area (Å²) in [5.74, 6) is 0.568. The van der Waals surface area contributed by atoms with Crippen molar-refractivity contribution in [3.05, 3.63) is 59.7 Å². The molecule has 0 saturated heterocycles. The Labute approximate surface area is 180 Å². The van der Waals surface area contributed by atoms with Gasteiger partial charge >= 0.3 is 0 Å². The van der Waals surface area contributed by atoms with Crippen molar-refractivity contribution >= 4 is 17.5 Å². The van der Waals surface area contributed by atoms with Crippen LogP contribution in [-0.2, 0) is 4.79 Å². The molecule has 2 rings (SSSR count). The first kappa shape index (κ1) is 23.5. The number of ether oxygens (including phenoxy) is 1. The van der Waals surface area contributed by atoms with Gasteiger partial charge in [0.25, 0.3) is 11.8 Å². The average Bonchev–Trinajstić information content (AvgIpc) is 2.70. The minimum absolute atomic E-state index is 0.227. The molecule has 0 heterocycles.